The van der Waals surface area contributed by atoms with E-state index in [4.69, 9.17) is 11.6 Å². The van der Waals surface area contributed by atoms with Crippen LogP contribution in [0.2, 0.25) is 5.02 Å². The summed E-state index contributed by atoms with van der Waals surface area (Å²) in [5.74, 6) is 0. The Hall–Kier alpha value is -0.590. The molecule has 0 spiro atoms. The Morgan fingerprint density at radius 1 is 1.50 bits per heavy atom. The van der Waals surface area contributed by atoms with Crippen molar-refractivity contribution in [2.45, 2.75) is 19.9 Å². The van der Waals surface area contributed by atoms with Gasteiger partial charge in [0.15, 0.2) is 0 Å². The first-order valence-electron chi connectivity index (χ1n) is 5.85. The van der Waals surface area contributed by atoms with Crippen molar-refractivity contribution in [1.29, 1.82) is 0 Å². The molecule has 1 aromatic carbocycles. The van der Waals surface area contributed by atoms with Crippen molar-refractivity contribution >= 4 is 34.2 Å². The Kier molecular flexibility index (Phi) is 4.64. The first kappa shape index (κ1) is 13.8. The summed E-state index contributed by atoms with van der Waals surface area (Å²) in [5.41, 5.74) is 2.10. The standard InChI is InChI=1S/C13H15ClIN3/c1-3-16-9(2)12-5-4-11(6-13(12)14)18-8-10(15)7-17-18/h4-9,16H,3H2,1-2H3. The van der Waals surface area contributed by atoms with Crippen LogP contribution in [-0.2, 0) is 0 Å². The smallest absolute Gasteiger partial charge is 0.0661 e. The van der Waals surface area contributed by atoms with Crippen LogP contribution < -0.4 is 5.32 Å². The minimum atomic E-state index is 0.259. The van der Waals surface area contributed by atoms with Crippen LogP contribution in [0.25, 0.3) is 5.69 Å². The Labute approximate surface area is 126 Å². The van der Waals surface area contributed by atoms with E-state index in [2.05, 4.69) is 52.9 Å². The van der Waals surface area contributed by atoms with Crippen LogP contribution in [0.4, 0.5) is 0 Å². The SMILES string of the molecule is CCNC(C)c1ccc(-n2cc(I)cn2)cc1Cl. The summed E-state index contributed by atoms with van der Waals surface area (Å²) in [7, 11) is 0. The molecule has 3 nitrogen and oxygen atoms in total. The second-order valence-electron chi connectivity index (χ2n) is 4.09. The number of hydrogen-bond donors (Lipinski definition) is 1. The summed E-state index contributed by atoms with van der Waals surface area (Å²) in [6.07, 6.45) is 3.79. The molecule has 2 rings (SSSR count). The molecule has 0 aliphatic heterocycles. The van der Waals surface area contributed by atoms with Gasteiger partial charge in [-0.1, -0.05) is 24.6 Å². The van der Waals surface area contributed by atoms with Crippen LogP contribution in [0.5, 0.6) is 0 Å². The van der Waals surface area contributed by atoms with E-state index < -0.39 is 0 Å². The lowest BCUT2D eigenvalue weighted by Gasteiger charge is -2.15. The molecule has 0 bridgehead atoms. The number of rotatable bonds is 4. The van der Waals surface area contributed by atoms with Crippen molar-refractivity contribution in [3.05, 3.63) is 44.7 Å². The second-order valence-corrected chi connectivity index (χ2v) is 5.74. The van der Waals surface area contributed by atoms with Crippen molar-refractivity contribution in [2.75, 3.05) is 6.54 Å². The molecule has 0 fully saturated rings. The van der Waals surface area contributed by atoms with Gasteiger partial charge in [-0.2, -0.15) is 5.10 Å². The van der Waals surface area contributed by atoms with Crippen LogP contribution in [0.1, 0.15) is 25.5 Å². The largest absolute Gasteiger partial charge is 0.310 e. The molecule has 0 amide bonds. The molecule has 1 unspecified atom stereocenters. The third-order valence-corrected chi connectivity index (χ3v) is 3.66. The molecule has 18 heavy (non-hydrogen) atoms. The average molecular weight is 376 g/mol. The maximum atomic E-state index is 6.33. The minimum absolute atomic E-state index is 0.259. The van der Waals surface area contributed by atoms with Gasteiger partial charge in [0.25, 0.3) is 0 Å². The van der Waals surface area contributed by atoms with Gasteiger partial charge in [0.1, 0.15) is 0 Å². The zero-order valence-electron chi connectivity index (χ0n) is 10.3. The highest BCUT2D eigenvalue weighted by Crippen LogP contribution is 2.25. The fraction of sp³-hybridized carbons (Fsp3) is 0.308. The normalized spacial score (nSPS) is 12.7. The second kappa shape index (κ2) is 6.04. The molecule has 1 heterocycles. The predicted molar refractivity (Wildman–Crippen MR) is 83.4 cm³/mol. The molecule has 1 N–H and O–H groups in total. The van der Waals surface area contributed by atoms with Gasteiger partial charge in [0.05, 0.1) is 15.5 Å². The van der Waals surface area contributed by atoms with E-state index in [0.29, 0.717) is 0 Å². The van der Waals surface area contributed by atoms with Crippen molar-refractivity contribution in [1.82, 2.24) is 15.1 Å². The minimum Gasteiger partial charge on any atom is -0.310 e. The van der Waals surface area contributed by atoms with Gasteiger partial charge in [-0.25, -0.2) is 4.68 Å². The van der Waals surface area contributed by atoms with E-state index in [9.17, 15) is 0 Å². The van der Waals surface area contributed by atoms with E-state index in [-0.39, 0.29) is 6.04 Å². The molecular formula is C13H15ClIN3. The molecule has 96 valence electrons. The molecule has 0 aliphatic rings. The van der Waals surface area contributed by atoms with Crippen molar-refractivity contribution in [3.8, 4) is 5.69 Å². The van der Waals surface area contributed by atoms with Gasteiger partial charge in [0.2, 0.25) is 0 Å². The number of hydrogen-bond acceptors (Lipinski definition) is 2. The molecule has 2 aromatic rings. The summed E-state index contributed by atoms with van der Waals surface area (Å²) in [6.45, 7) is 5.13. The monoisotopic (exact) mass is 375 g/mol. The summed E-state index contributed by atoms with van der Waals surface area (Å²) in [6, 6.07) is 6.31. The number of nitrogens with zero attached hydrogens (tertiary/aromatic N) is 2. The Bertz CT molecular complexity index is 539. The first-order valence-corrected chi connectivity index (χ1v) is 7.31. The lowest BCUT2D eigenvalue weighted by atomic mass is 10.1. The van der Waals surface area contributed by atoms with Gasteiger partial charge in [-0.05, 0) is 53.8 Å². The summed E-state index contributed by atoms with van der Waals surface area (Å²) >= 11 is 8.57. The van der Waals surface area contributed by atoms with Crippen molar-refractivity contribution in [3.63, 3.8) is 0 Å². The third kappa shape index (κ3) is 3.05. The lowest BCUT2D eigenvalue weighted by Crippen LogP contribution is -2.18. The van der Waals surface area contributed by atoms with Crippen molar-refractivity contribution < 1.29 is 0 Å². The third-order valence-electron chi connectivity index (χ3n) is 2.78. The van der Waals surface area contributed by atoms with Gasteiger partial charge in [-0.15, -0.1) is 0 Å². The molecule has 0 saturated heterocycles. The Morgan fingerprint density at radius 3 is 2.83 bits per heavy atom. The quantitative estimate of drug-likeness (QED) is 0.824. The highest BCUT2D eigenvalue weighted by molar-refractivity contribution is 14.1. The maximum Gasteiger partial charge on any atom is 0.0661 e. The zero-order chi connectivity index (χ0) is 13.1. The zero-order valence-corrected chi connectivity index (χ0v) is 13.2. The van der Waals surface area contributed by atoms with Gasteiger partial charge >= 0.3 is 0 Å². The highest BCUT2D eigenvalue weighted by Gasteiger charge is 2.10. The maximum absolute atomic E-state index is 6.33. The van der Waals surface area contributed by atoms with Gasteiger partial charge < -0.3 is 5.32 Å². The molecule has 5 heteroatoms. The predicted octanol–water partition coefficient (Wildman–Crippen LogP) is 3.80. The molecule has 1 aromatic heterocycles. The topological polar surface area (TPSA) is 29.9 Å². The van der Waals surface area contributed by atoms with Gasteiger partial charge in [0, 0.05) is 17.3 Å². The summed E-state index contributed by atoms with van der Waals surface area (Å²) in [4.78, 5) is 0. The van der Waals surface area contributed by atoms with Crippen LogP contribution in [0.3, 0.4) is 0 Å². The fourth-order valence-corrected chi connectivity index (χ4v) is 2.59. The number of halogens is 2. The molecular weight excluding hydrogens is 361 g/mol. The van der Waals surface area contributed by atoms with Crippen LogP contribution in [0, 0.1) is 3.57 Å². The average Bonchev–Trinajstić information content (AvgIpc) is 2.76. The first-order chi connectivity index (χ1) is 8.61. The van der Waals surface area contributed by atoms with E-state index in [1.54, 1.807) is 0 Å². The fourth-order valence-electron chi connectivity index (χ4n) is 1.87. The lowest BCUT2D eigenvalue weighted by molar-refractivity contribution is 0.598. The van der Waals surface area contributed by atoms with Crippen LogP contribution >= 0.6 is 34.2 Å². The number of nitrogens with one attached hydrogen (secondary N) is 1. The van der Waals surface area contributed by atoms with Gasteiger partial charge in [-0.3, -0.25) is 0 Å². The summed E-state index contributed by atoms with van der Waals surface area (Å²) < 4.78 is 2.93. The van der Waals surface area contributed by atoms with E-state index in [0.717, 1.165) is 26.4 Å². The Morgan fingerprint density at radius 2 is 2.28 bits per heavy atom. The molecule has 0 aliphatic carbocycles. The van der Waals surface area contributed by atoms with E-state index in [1.807, 2.05) is 29.2 Å². The summed E-state index contributed by atoms with van der Waals surface area (Å²) in [5, 5.41) is 8.40. The molecule has 0 saturated carbocycles. The van der Waals surface area contributed by atoms with E-state index >= 15 is 0 Å². The molecule has 0 radical (unpaired) electrons. The number of benzene rings is 1. The molecule has 1 atom stereocenters. The van der Waals surface area contributed by atoms with Crippen LogP contribution in [0.15, 0.2) is 30.6 Å². The Balaban J connectivity index is 2.30. The van der Waals surface area contributed by atoms with E-state index in [1.165, 1.54) is 0 Å². The highest BCUT2D eigenvalue weighted by atomic mass is 127. The van der Waals surface area contributed by atoms with Crippen LogP contribution in [-0.4, -0.2) is 16.3 Å². The number of aromatic nitrogens is 2. The van der Waals surface area contributed by atoms with Crippen molar-refractivity contribution in [2.24, 2.45) is 0 Å².